The summed E-state index contributed by atoms with van der Waals surface area (Å²) in [5.74, 6) is 0.788. The Morgan fingerprint density at radius 3 is 2.19 bits per heavy atom. The maximum absolute atomic E-state index is 4.30. The third kappa shape index (κ3) is 3.47. The van der Waals surface area contributed by atoms with Crippen LogP contribution >= 0.6 is 0 Å². The molecule has 0 spiro atoms. The first-order chi connectivity index (χ1) is 7.84. The van der Waals surface area contributed by atoms with Crippen LogP contribution in [0.5, 0.6) is 0 Å². The van der Waals surface area contributed by atoms with Crippen LogP contribution in [0.15, 0.2) is 12.4 Å². The molecule has 0 unspecified atom stereocenters. The molecule has 3 nitrogen and oxygen atoms in total. The fraction of sp³-hybridized carbons (Fsp3) is 0.692. The molecule has 1 N–H and O–H groups in total. The smallest absolute Gasteiger partial charge is 0.222 e. The normalized spacial score (nSPS) is 18.8. The molecule has 0 amide bonds. The van der Waals surface area contributed by atoms with E-state index in [1.54, 1.807) is 0 Å². The number of hydrogen-bond donors (Lipinski definition) is 1. The van der Waals surface area contributed by atoms with E-state index in [1.165, 1.54) is 44.9 Å². The topological polar surface area (TPSA) is 37.8 Å². The highest BCUT2D eigenvalue weighted by molar-refractivity contribution is 5.25. The van der Waals surface area contributed by atoms with E-state index in [-0.39, 0.29) is 0 Å². The van der Waals surface area contributed by atoms with Crippen LogP contribution < -0.4 is 5.32 Å². The van der Waals surface area contributed by atoms with Gasteiger partial charge in [0.25, 0.3) is 0 Å². The fourth-order valence-electron chi connectivity index (χ4n) is 2.25. The summed E-state index contributed by atoms with van der Waals surface area (Å²) < 4.78 is 0. The van der Waals surface area contributed by atoms with Gasteiger partial charge in [-0.15, -0.1) is 0 Å². The third-order valence-electron chi connectivity index (χ3n) is 3.22. The SMILES string of the molecule is Cc1cnc(NC2CCCCCCC2)nc1. The first-order valence-electron chi connectivity index (χ1n) is 6.40. The largest absolute Gasteiger partial charge is 0.351 e. The quantitative estimate of drug-likeness (QED) is 0.829. The molecule has 3 heteroatoms. The van der Waals surface area contributed by atoms with Crippen molar-refractivity contribution in [1.82, 2.24) is 9.97 Å². The van der Waals surface area contributed by atoms with E-state index < -0.39 is 0 Å². The van der Waals surface area contributed by atoms with Crippen LogP contribution in [0.2, 0.25) is 0 Å². The Bertz CT molecular complexity index is 299. The molecule has 88 valence electrons. The molecule has 1 saturated carbocycles. The Morgan fingerprint density at radius 2 is 1.56 bits per heavy atom. The lowest BCUT2D eigenvalue weighted by atomic mass is 9.97. The second-order valence-electron chi connectivity index (χ2n) is 4.77. The Morgan fingerprint density at radius 1 is 1.00 bits per heavy atom. The molecule has 1 aromatic rings. The molecule has 1 fully saturated rings. The highest BCUT2D eigenvalue weighted by Crippen LogP contribution is 2.19. The molecule has 2 rings (SSSR count). The standard InChI is InChI=1S/C13H21N3/c1-11-9-14-13(15-10-11)16-12-7-5-3-2-4-6-8-12/h9-10,12H,2-8H2,1H3,(H,14,15,16). The number of anilines is 1. The molecule has 1 aliphatic rings. The summed E-state index contributed by atoms with van der Waals surface area (Å²) in [4.78, 5) is 8.61. The minimum atomic E-state index is 0.572. The minimum Gasteiger partial charge on any atom is -0.351 e. The molecular formula is C13H21N3. The lowest BCUT2D eigenvalue weighted by molar-refractivity contribution is 0.470. The number of aromatic nitrogens is 2. The first kappa shape index (κ1) is 11.4. The second-order valence-corrected chi connectivity index (χ2v) is 4.77. The van der Waals surface area contributed by atoms with E-state index in [2.05, 4.69) is 15.3 Å². The molecule has 1 heterocycles. The van der Waals surface area contributed by atoms with Crippen LogP contribution in [-0.4, -0.2) is 16.0 Å². The van der Waals surface area contributed by atoms with Crippen LogP contribution in [0.25, 0.3) is 0 Å². The van der Waals surface area contributed by atoms with Gasteiger partial charge >= 0.3 is 0 Å². The van der Waals surface area contributed by atoms with Crippen molar-refractivity contribution in [2.24, 2.45) is 0 Å². The number of rotatable bonds is 2. The molecule has 1 aliphatic carbocycles. The van der Waals surface area contributed by atoms with Crippen LogP contribution in [0.1, 0.15) is 50.5 Å². The van der Waals surface area contributed by atoms with Crippen molar-refractivity contribution in [1.29, 1.82) is 0 Å². The average molecular weight is 219 g/mol. The molecule has 0 aromatic carbocycles. The van der Waals surface area contributed by atoms with Crippen LogP contribution in [0.4, 0.5) is 5.95 Å². The lowest BCUT2D eigenvalue weighted by Gasteiger charge is -2.20. The third-order valence-corrected chi connectivity index (χ3v) is 3.22. The summed E-state index contributed by atoms with van der Waals surface area (Å²) in [7, 11) is 0. The fourth-order valence-corrected chi connectivity index (χ4v) is 2.25. The van der Waals surface area contributed by atoms with Crippen molar-refractivity contribution in [3.05, 3.63) is 18.0 Å². The highest BCUT2D eigenvalue weighted by atomic mass is 15.1. The Kier molecular flexibility index (Phi) is 4.14. The van der Waals surface area contributed by atoms with Crippen molar-refractivity contribution in [3.63, 3.8) is 0 Å². The van der Waals surface area contributed by atoms with E-state index in [4.69, 9.17) is 0 Å². The summed E-state index contributed by atoms with van der Waals surface area (Å²) in [6, 6.07) is 0.572. The van der Waals surface area contributed by atoms with Gasteiger partial charge < -0.3 is 5.32 Å². The maximum Gasteiger partial charge on any atom is 0.222 e. The first-order valence-corrected chi connectivity index (χ1v) is 6.40. The molecule has 0 atom stereocenters. The average Bonchev–Trinajstić information content (AvgIpc) is 2.25. The summed E-state index contributed by atoms with van der Waals surface area (Å²) in [6.45, 7) is 2.01. The van der Waals surface area contributed by atoms with Crippen molar-refractivity contribution < 1.29 is 0 Å². The van der Waals surface area contributed by atoms with E-state index in [0.29, 0.717) is 6.04 Å². The van der Waals surface area contributed by atoms with Gasteiger partial charge in [0.15, 0.2) is 0 Å². The van der Waals surface area contributed by atoms with Crippen LogP contribution in [-0.2, 0) is 0 Å². The summed E-state index contributed by atoms with van der Waals surface area (Å²) in [5, 5.41) is 3.45. The van der Waals surface area contributed by atoms with Gasteiger partial charge in [0.05, 0.1) is 0 Å². The maximum atomic E-state index is 4.30. The zero-order valence-corrected chi connectivity index (χ0v) is 10.1. The van der Waals surface area contributed by atoms with E-state index in [0.717, 1.165) is 11.5 Å². The summed E-state index contributed by atoms with van der Waals surface area (Å²) in [6.07, 6.45) is 13.1. The van der Waals surface area contributed by atoms with Crippen molar-refractivity contribution >= 4 is 5.95 Å². The minimum absolute atomic E-state index is 0.572. The Balaban J connectivity index is 1.89. The monoisotopic (exact) mass is 219 g/mol. The molecule has 0 radical (unpaired) electrons. The van der Waals surface area contributed by atoms with Gasteiger partial charge in [0, 0.05) is 18.4 Å². The van der Waals surface area contributed by atoms with E-state index in [1.807, 2.05) is 19.3 Å². The molecule has 0 bridgehead atoms. The Labute approximate surface area is 97.7 Å². The summed E-state index contributed by atoms with van der Waals surface area (Å²) in [5.41, 5.74) is 1.11. The van der Waals surface area contributed by atoms with Crippen molar-refractivity contribution in [2.75, 3.05) is 5.32 Å². The van der Waals surface area contributed by atoms with Gasteiger partial charge in [0.1, 0.15) is 0 Å². The number of hydrogen-bond acceptors (Lipinski definition) is 3. The predicted molar refractivity (Wildman–Crippen MR) is 66.5 cm³/mol. The van der Waals surface area contributed by atoms with E-state index in [9.17, 15) is 0 Å². The zero-order valence-electron chi connectivity index (χ0n) is 10.1. The van der Waals surface area contributed by atoms with Crippen LogP contribution in [0.3, 0.4) is 0 Å². The molecular weight excluding hydrogens is 198 g/mol. The van der Waals surface area contributed by atoms with Crippen LogP contribution in [0, 0.1) is 6.92 Å². The van der Waals surface area contributed by atoms with E-state index >= 15 is 0 Å². The second kappa shape index (κ2) is 5.83. The number of nitrogens with one attached hydrogen (secondary N) is 1. The van der Waals surface area contributed by atoms with Gasteiger partial charge in [-0.1, -0.05) is 32.1 Å². The predicted octanol–water partition coefficient (Wildman–Crippen LogP) is 3.31. The molecule has 0 saturated heterocycles. The zero-order chi connectivity index (χ0) is 11.2. The van der Waals surface area contributed by atoms with Crippen molar-refractivity contribution in [3.8, 4) is 0 Å². The van der Waals surface area contributed by atoms with Crippen molar-refractivity contribution in [2.45, 2.75) is 57.9 Å². The molecule has 1 aromatic heterocycles. The van der Waals surface area contributed by atoms with Gasteiger partial charge in [0.2, 0.25) is 5.95 Å². The highest BCUT2D eigenvalue weighted by Gasteiger charge is 2.11. The van der Waals surface area contributed by atoms with Gasteiger partial charge in [-0.3, -0.25) is 0 Å². The Hall–Kier alpha value is -1.12. The number of nitrogens with zero attached hydrogens (tertiary/aromatic N) is 2. The lowest BCUT2D eigenvalue weighted by Crippen LogP contribution is -2.21. The van der Waals surface area contributed by atoms with Gasteiger partial charge in [-0.25, -0.2) is 9.97 Å². The van der Waals surface area contributed by atoms with Gasteiger partial charge in [-0.05, 0) is 25.3 Å². The number of aryl methyl sites for hydroxylation is 1. The summed E-state index contributed by atoms with van der Waals surface area (Å²) >= 11 is 0. The molecule has 16 heavy (non-hydrogen) atoms. The van der Waals surface area contributed by atoms with Gasteiger partial charge in [-0.2, -0.15) is 0 Å². The molecule has 0 aliphatic heterocycles.